The van der Waals surface area contributed by atoms with Crippen LogP contribution < -0.4 is 9.97 Å². The number of nitriles is 2. The van der Waals surface area contributed by atoms with Crippen molar-refractivity contribution in [3.8, 4) is 12.1 Å². The van der Waals surface area contributed by atoms with Crippen molar-refractivity contribution in [2.75, 3.05) is 26.7 Å². The van der Waals surface area contributed by atoms with E-state index in [0.29, 0.717) is 101 Å². The second-order valence-corrected chi connectivity index (χ2v) is 14.6. The fourth-order valence-electron chi connectivity index (χ4n) is 7.61. The molecule has 0 saturated heterocycles. The van der Waals surface area contributed by atoms with Crippen molar-refractivity contribution in [3.05, 3.63) is 173 Å². The largest absolute Gasteiger partial charge is 2.00 e. The van der Waals surface area contributed by atoms with Crippen LogP contribution in [-0.2, 0) is 45.3 Å². The van der Waals surface area contributed by atoms with E-state index in [1.165, 1.54) is 0 Å². The van der Waals surface area contributed by atoms with Crippen LogP contribution >= 0.6 is 0 Å². The molecular weight excluding hydrogens is 900 g/mol. The van der Waals surface area contributed by atoms with Gasteiger partial charge < -0.3 is 28.9 Å². The van der Waals surface area contributed by atoms with Gasteiger partial charge in [0.15, 0.2) is 13.2 Å². The molecule has 2 aromatic carbocycles. The third kappa shape index (κ3) is 11.0. The number of hydrogen-bond acceptors (Lipinski definition) is 12. The van der Waals surface area contributed by atoms with Crippen molar-refractivity contribution >= 4 is 46.4 Å². The summed E-state index contributed by atoms with van der Waals surface area (Å²) in [5.74, 6) is -2.47. The topological polar surface area (TPSA) is 214 Å². The van der Waals surface area contributed by atoms with Crippen molar-refractivity contribution in [2.24, 2.45) is 9.98 Å². The maximum absolute atomic E-state index is 12.6. The van der Waals surface area contributed by atoms with Crippen LogP contribution in [0.25, 0.3) is 20.8 Å². The van der Waals surface area contributed by atoms with E-state index in [4.69, 9.17) is 42.6 Å². The molecule has 67 heavy (non-hydrogen) atoms. The molecule has 0 spiro atoms. The number of carbonyl (C=O) groups excluding carboxylic acids is 4. The molecule has 4 heterocycles. The van der Waals surface area contributed by atoms with Crippen LogP contribution in [0.3, 0.4) is 0 Å². The number of rotatable bonds is 12. The number of carbonyl (C=O) groups is 4. The number of allylic oxidation sites excluding steroid dienone is 2. The van der Waals surface area contributed by atoms with Gasteiger partial charge in [-0.2, -0.15) is 10.5 Å². The van der Waals surface area contributed by atoms with Gasteiger partial charge >= 0.3 is 54.1 Å². The van der Waals surface area contributed by atoms with Gasteiger partial charge in [-0.15, -0.1) is 22.8 Å². The number of nitrogens with zero attached hydrogens (tertiary/aromatic N) is 8. The summed E-state index contributed by atoms with van der Waals surface area (Å²) in [5.41, 5.74) is 10.5. The Labute approximate surface area is 397 Å². The molecule has 1 radical (unpaired) electrons. The van der Waals surface area contributed by atoms with Gasteiger partial charge in [-0.25, -0.2) is 32.3 Å². The first-order chi connectivity index (χ1) is 31.6. The summed E-state index contributed by atoms with van der Waals surface area (Å²) in [6, 6.07) is 22.4. The summed E-state index contributed by atoms with van der Waals surface area (Å²) in [6.45, 7) is 26.1. The molecule has 0 N–H and O–H groups in total. The van der Waals surface area contributed by atoms with E-state index in [9.17, 15) is 19.2 Å². The third-order valence-electron chi connectivity index (χ3n) is 10.4. The zero-order valence-electron chi connectivity index (χ0n) is 37.8. The van der Waals surface area contributed by atoms with E-state index >= 15 is 0 Å². The predicted molar refractivity (Wildman–Crippen MR) is 242 cm³/mol. The fraction of sp³-hybridized carbons (Fsp3) is 0.240. The van der Waals surface area contributed by atoms with Crippen LogP contribution in [0.15, 0.2) is 104 Å². The Balaban J connectivity index is 0.000000288. The van der Waals surface area contributed by atoms with Gasteiger partial charge in [-0.1, -0.05) is 85.6 Å². The molecule has 0 bridgehead atoms. The molecule has 0 aliphatic carbocycles. The zero-order chi connectivity index (χ0) is 48.2. The molecule has 0 amide bonds. The molecule has 2 aliphatic rings. The molecule has 339 valence electrons. The quantitative estimate of drug-likeness (QED) is 0.0755. The second-order valence-electron chi connectivity index (χ2n) is 14.6. The smallest absolute Gasteiger partial charge is 0.660 e. The molecule has 2 aromatic heterocycles. The first-order valence-electron chi connectivity index (χ1n) is 20.1. The third-order valence-corrected chi connectivity index (χ3v) is 10.4. The minimum atomic E-state index is -0.621. The first-order valence-corrected chi connectivity index (χ1v) is 20.1. The van der Waals surface area contributed by atoms with Gasteiger partial charge in [0, 0.05) is 11.1 Å². The standard InChI is InChI=1S/2C25H22N4O4.Co/c2*1-14-19(24(30)32-12-11-26)16(3)28-22(14)21(18-9-7-6-8-10-18)23-15(2)20(17(4)29-23)25(31)33-13-27-5;/h2*6-10H,12-13H2,1-4H3,(H,28,29,30,31);/q;;+2/p-2. The van der Waals surface area contributed by atoms with Crippen LogP contribution in [-0.4, -0.2) is 62.0 Å². The Morgan fingerprint density at radius 3 is 1.22 bits per heavy atom. The van der Waals surface area contributed by atoms with E-state index in [0.717, 1.165) is 11.1 Å². The molecule has 0 atom stereocenters. The Morgan fingerprint density at radius 1 is 0.567 bits per heavy atom. The molecule has 17 heteroatoms. The molecule has 0 fully saturated rings. The SMILES string of the molecule is [C-]#[N+]COC(=O)c1c(C)[n-]c(/C(=C2\N=C(C)C(C(=O)OCC#N)=C2C)c2ccccc2)c1C.[C-]#[N+]COC(=O)c1c(C)[n-]c(/C(=C2\N=C(C)C(C(=O)OCC#N)=C2C)c2ccccc2)c1C.[Co+2]. The van der Waals surface area contributed by atoms with Crippen LogP contribution in [0.1, 0.15) is 93.4 Å². The summed E-state index contributed by atoms with van der Waals surface area (Å²) >= 11 is 0. The minimum absolute atomic E-state index is 0. The summed E-state index contributed by atoms with van der Waals surface area (Å²) in [6.07, 6.45) is 0. The summed E-state index contributed by atoms with van der Waals surface area (Å²) < 4.78 is 20.0. The Hall–Kier alpha value is -8.35. The normalized spacial score (nSPS) is 14.1. The number of ether oxygens (including phenoxy) is 4. The van der Waals surface area contributed by atoms with E-state index < -0.39 is 23.9 Å². The van der Waals surface area contributed by atoms with Crippen molar-refractivity contribution < 1.29 is 54.9 Å². The first kappa shape index (κ1) is 51.3. The van der Waals surface area contributed by atoms with Crippen LogP contribution in [0.5, 0.6) is 0 Å². The maximum atomic E-state index is 12.6. The Kier molecular flexibility index (Phi) is 17.6. The molecule has 4 aromatic rings. The van der Waals surface area contributed by atoms with Crippen molar-refractivity contribution in [1.29, 1.82) is 10.5 Å². The van der Waals surface area contributed by atoms with Crippen LogP contribution in [0, 0.1) is 63.5 Å². The average molecular weight is 942 g/mol. The number of esters is 4. The molecule has 6 rings (SSSR count). The van der Waals surface area contributed by atoms with Crippen molar-refractivity contribution in [2.45, 2.75) is 55.4 Å². The predicted octanol–water partition coefficient (Wildman–Crippen LogP) is 7.82. The van der Waals surface area contributed by atoms with E-state index in [1.807, 2.05) is 60.7 Å². The molecular formula is C50H42CoN8O8. The maximum Gasteiger partial charge on any atom is 2.00 e. The van der Waals surface area contributed by atoms with Crippen LogP contribution in [0.4, 0.5) is 0 Å². The Bertz CT molecular complexity index is 2810. The molecule has 0 saturated carbocycles. The van der Waals surface area contributed by atoms with E-state index in [1.54, 1.807) is 67.5 Å². The van der Waals surface area contributed by atoms with Gasteiger partial charge in [0.25, 0.3) is 0 Å². The summed E-state index contributed by atoms with van der Waals surface area (Å²) in [5, 5.41) is 17.5. The van der Waals surface area contributed by atoms with Crippen LogP contribution in [0.2, 0.25) is 0 Å². The molecule has 16 nitrogen and oxygen atoms in total. The summed E-state index contributed by atoms with van der Waals surface area (Å²) in [4.78, 5) is 74.9. The van der Waals surface area contributed by atoms with Crippen molar-refractivity contribution in [1.82, 2.24) is 9.97 Å². The monoisotopic (exact) mass is 941 g/mol. The fourth-order valence-corrected chi connectivity index (χ4v) is 7.61. The molecule has 0 unspecified atom stereocenters. The number of aryl methyl sites for hydroxylation is 2. The van der Waals surface area contributed by atoms with E-state index in [-0.39, 0.29) is 43.5 Å². The Morgan fingerprint density at radius 2 is 0.910 bits per heavy atom. The number of benzene rings is 2. The number of aliphatic imine (C=N–C) groups is 2. The second kappa shape index (κ2) is 23.0. The summed E-state index contributed by atoms with van der Waals surface area (Å²) in [7, 11) is 0. The number of aromatic nitrogens is 2. The number of hydrogen-bond donors (Lipinski definition) is 0. The van der Waals surface area contributed by atoms with E-state index in [2.05, 4.69) is 29.6 Å². The molecule has 2 aliphatic heterocycles. The van der Waals surface area contributed by atoms with Gasteiger partial charge in [-0.05, 0) is 75.0 Å². The van der Waals surface area contributed by atoms with Gasteiger partial charge in [0.1, 0.15) is 12.1 Å². The van der Waals surface area contributed by atoms with Crippen molar-refractivity contribution in [3.63, 3.8) is 0 Å². The van der Waals surface area contributed by atoms with Gasteiger partial charge in [0.05, 0.1) is 34.0 Å². The zero-order valence-corrected chi connectivity index (χ0v) is 38.8. The van der Waals surface area contributed by atoms with Gasteiger partial charge in [0.2, 0.25) is 0 Å². The van der Waals surface area contributed by atoms with Gasteiger partial charge in [-0.3, -0.25) is 19.7 Å². The average Bonchev–Trinajstić information content (AvgIpc) is 3.98. The minimum Gasteiger partial charge on any atom is -0.660 e.